The predicted molar refractivity (Wildman–Crippen MR) is 116 cm³/mol. The largest absolute Gasteiger partial charge is 0.489 e. The molecule has 162 valence electrons. The molecule has 4 rings (SSSR count). The second-order valence-corrected chi connectivity index (χ2v) is 9.25. The molecule has 0 aromatic heterocycles. The van der Waals surface area contributed by atoms with Crippen LogP contribution < -0.4 is 15.4 Å². The summed E-state index contributed by atoms with van der Waals surface area (Å²) in [6.45, 7) is 9.71. The molecule has 2 heterocycles. The van der Waals surface area contributed by atoms with Gasteiger partial charge >= 0.3 is 0 Å². The highest BCUT2D eigenvalue weighted by molar-refractivity contribution is 6.01. The van der Waals surface area contributed by atoms with Crippen molar-refractivity contribution >= 4 is 11.8 Å². The normalized spacial score (nSPS) is 26.7. The van der Waals surface area contributed by atoms with Crippen LogP contribution in [0.3, 0.4) is 0 Å². The van der Waals surface area contributed by atoms with Crippen LogP contribution in [0.15, 0.2) is 30.5 Å². The second-order valence-electron chi connectivity index (χ2n) is 9.25. The zero-order valence-corrected chi connectivity index (χ0v) is 18.1. The third-order valence-corrected chi connectivity index (χ3v) is 6.39. The molecule has 1 saturated carbocycles. The fourth-order valence-electron chi connectivity index (χ4n) is 4.74. The number of carbonyl (C=O) groups is 2. The van der Waals surface area contributed by atoms with Gasteiger partial charge in [-0.05, 0) is 68.3 Å². The summed E-state index contributed by atoms with van der Waals surface area (Å²) in [4.78, 5) is 26.9. The number of hydrogen-bond donors (Lipinski definition) is 2. The number of amides is 2. The van der Waals surface area contributed by atoms with Crippen LogP contribution in [0.25, 0.3) is 0 Å². The topological polar surface area (TPSA) is 70.7 Å². The Hall–Kier alpha value is -2.34. The molecule has 0 bridgehead atoms. The molecule has 1 saturated heterocycles. The first-order valence-electron chi connectivity index (χ1n) is 11.2. The lowest BCUT2D eigenvalue weighted by atomic mass is 9.92. The minimum Gasteiger partial charge on any atom is -0.489 e. The van der Waals surface area contributed by atoms with Crippen LogP contribution >= 0.6 is 0 Å². The highest BCUT2D eigenvalue weighted by atomic mass is 16.5. The number of fused-ring (bicyclic) bond motifs is 1. The van der Waals surface area contributed by atoms with Crippen molar-refractivity contribution in [2.24, 2.45) is 5.92 Å². The molecule has 2 N–H and O–H groups in total. The predicted octanol–water partition coefficient (Wildman–Crippen LogP) is 3.37. The van der Waals surface area contributed by atoms with Crippen molar-refractivity contribution in [3.8, 4) is 5.75 Å². The van der Waals surface area contributed by atoms with E-state index in [4.69, 9.17) is 4.74 Å². The molecule has 1 unspecified atom stereocenters. The molecule has 2 fully saturated rings. The first-order chi connectivity index (χ1) is 14.4. The summed E-state index contributed by atoms with van der Waals surface area (Å²) in [5, 5.41) is 6.46. The Balaban J connectivity index is 1.44. The molecule has 1 aromatic carbocycles. The molecule has 1 aliphatic carbocycles. The zero-order valence-electron chi connectivity index (χ0n) is 18.1. The minimum absolute atomic E-state index is 0.0710. The van der Waals surface area contributed by atoms with Gasteiger partial charge in [0.2, 0.25) is 5.91 Å². The summed E-state index contributed by atoms with van der Waals surface area (Å²) in [5.74, 6) is 1.22. The van der Waals surface area contributed by atoms with Gasteiger partial charge in [0.1, 0.15) is 17.9 Å². The molecule has 6 heteroatoms. The van der Waals surface area contributed by atoms with Crippen LogP contribution in [0.1, 0.15) is 68.3 Å². The molecular formula is C24H33N3O3. The van der Waals surface area contributed by atoms with Crippen molar-refractivity contribution in [3.63, 3.8) is 0 Å². The molecule has 0 spiro atoms. The molecule has 30 heavy (non-hydrogen) atoms. The standard InChI is InChI=1S/C24H33N3O3/c1-15(2)13-25-20-6-4-5-7-22(20)30-18-9-10-19-17(12-18)14-27(24(19)29)21-11-8-16(3)26-23(21)28/h9-10,12,15,20-22,25H,3-8,11,13-14H2,1-2H3,(H,26,28)/t20-,21?,22+/m0/s1. The number of carbonyl (C=O) groups excluding carboxylic acids is 2. The molecule has 6 nitrogen and oxygen atoms in total. The lowest BCUT2D eigenvalue weighted by Crippen LogP contribution is -2.49. The summed E-state index contributed by atoms with van der Waals surface area (Å²) in [6, 6.07) is 5.68. The van der Waals surface area contributed by atoms with Gasteiger partial charge in [0.05, 0.1) is 0 Å². The summed E-state index contributed by atoms with van der Waals surface area (Å²) < 4.78 is 6.39. The van der Waals surface area contributed by atoms with Crippen LogP contribution in [0, 0.1) is 5.92 Å². The monoisotopic (exact) mass is 411 g/mol. The highest BCUT2D eigenvalue weighted by Crippen LogP contribution is 2.32. The van der Waals surface area contributed by atoms with Crippen molar-refractivity contribution in [1.82, 2.24) is 15.5 Å². The third-order valence-electron chi connectivity index (χ3n) is 6.39. The fraction of sp³-hybridized carbons (Fsp3) is 0.583. The molecule has 3 atom stereocenters. The molecule has 0 radical (unpaired) electrons. The Morgan fingerprint density at radius 2 is 2.03 bits per heavy atom. The number of allylic oxidation sites excluding steroid dienone is 1. The van der Waals surface area contributed by atoms with E-state index in [9.17, 15) is 9.59 Å². The van der Waals surface area contributed by atoms with Gasteiger partial charge in [-0.3, -0.25) is 9.59 Å². The van der Waals surface area contributed by atoms with Gasteiger partial charge in [-0.1, -0.05) is 26.8 Å². The van der Waals surface area contributed by atoms with Crippen molar-refractivity contribution in [3.05, 3.63) is 41.6 Å². The minimum atomic E-state index is -0.428. The number of hydrogen-bond acceptors (Lipinski definition) is 4. The number of nitrogens with one attached hydrogen (secondary N) is 2. The van der Waals surface area contributed by atoms with E-state index in [1.165, 1.54) is 12.8 Å². The number of rotatable bonds is 6. The van der Waals surface area contributed by atoms with Crippen molar-refractivity contribution in [2.75, 3.05) is 6.54 Å². The van der Waals surface area contributed by atoms with Gasteiger partial charge in [0.15, 0.2) is 0 Å². The van der Waals surface area contributed by atoms with Gasteiger partial charge in [0, 0.05) is 23.8 Å². The second kappa shape index (κ2) is 8.80. The van der Waals surface area contributed by atoms with Crippen LogP contribution in [-0.2, 0) is 11.3 Å². The Morgan fingerprint density at radius 1 is 1.23 bits per heavy atom. The van der Waals surface area contributed by atoms with E-state index in [0.29, 0.717) is 36.9 Å². The first kappa shape index (κ1) is 20.9. The van der Waals surface area contributed by atoms with Gasteiger partial charge in [0.25, 0.3) is 5.91 Å². The third kappa shape index (κ3) is 4.38. The number of ether oxygens (including phenoxy) is 1. The molecule has 1 aromatic rings. The Kier molecular flexibility index (Phi) is 6.14. The van der Waals surface area contributed by atoms with E-state index >= 15 is 0 Å². The lowest BCUT2D eigenvalue weighted by Gasteiger charge is -2.33. The number of benzene rings is 1. The van der Waals surface area contributed by atoms with Gasteiger partial charge in [-0.25, -0.2) is 0 Å². The summed E-state index contributed by atoms with van der Waals surface area (Å²) in [6.07, 6.45) is 6.08. The lowest BCUT2D eigenvalue weighted by molar-refractivity contribution is -0.126. The number of nitrogens with zero attached hydrogens (tertiary/aromatic N) is 1. The van der Waals surface area contributed by atoms with E-state index in [2.05, 4.69) is 31.1 Å². The molecule has 2 aliphatic heterocycles. The van der Waals surface area contributed by atoms with E-state index in [1.54, 1.807) is 4.90 Å². The van der Waals surface area contributed by atoms with E-state index in [1.807, 2.05) is 18.2 Å². The zero-order chi connectivity index (χ0) is 21.3. The highest BCUT2D eigenvalue weighted by Gasteiger charge is 2.38. The Bertz CT molecular complexity index is 835. The summed E-state index contributed by atoms with van der Waals surface area (Å²) in [5.41, 5.74) is 2.35. The van der Waals surface area contributed by atoms with Gasteiger partial charge in [-0.2, -0.15) is 0 Å². The van der Waals surface area contributed by atoms with Crippen LogP contribution in [0.4, 0.5) is 0 Å². The molecule has 2 amide bonds. The SMILES string of the molecule is C=C1CCC(N2Cc3cc(O[C@@H]4CCCC[C@@H]4NCC(C)C)ccc3C2=O)C(=O)N1. The summed E-state index contributed by atoms with van der Waals surface area (Å²) in [7, 11) is 0. The molecule has 3 aliphatic rings. The van der Waals surface area contributed by atoms with Crippen molar-refractivity contribution < 1.29 is 14.3 Å². The Labute approximate surface area is 179 Å². The average Bonchev–Trinajstić information content (AvgIpc) is 3.03. The van der Waals surface area contributed by atoms with Crippen LogP contribution in [0.2, 0.25) is 0 Å². The average molecular weight is 412 g/mol. The summed E-state index contributed by atoms with van der Waals surface area (Å²) >= 11 is 0. The Morgan fingerprint density at radius 3 is 2.80 bits per heavy atom. The van der Waals surface area contributed by atoms with Gasteiger partial charge < -0.3 is 20.3 Å². The fourth-order valence-corrected chi connectivity index (χ4v) is 4.74. The quantitative estimate of drug-likeness (QED) is 0.753. The number of piperidine rings is 1. The smallest absolute Gasteiger partial charge is 0.255 e. The van der Waals surface area contributed by atoms with E-state index in [0.717, 1.165) is 36.4 Å². The maximum atomic E-state index is 12.9. The maximum absolute atomic E-state index is 12.9. The van der Waals surface area contributed by atoms with Crippen LogP contribution in [0.5, 0.6) is 5.75 Å². The first-order valence-corrected chi connectivity index (χ1v) is 11.2. The van der Waals surface area contributed by atoms with E-state index < -0.39 is 6.04 Å². The van der Waals surface area contributed by atoms with Crippen LogP contribution in [-0.4, -0.2) is 41.4 Å². The van der Waals surface area contributed by atoms with Crippen molar-refractivity contribution in [2.45, 2.75) is 77.1 Å². The van der Waals surface area contributed by atoms with Gasteiger partial charge in [-0.15, -0.1) is 0 Å². The van der Waals surface area contributed by atoms with Crippen molar-refractivity contribution in [1.29, 1.82) is 0 Å². The maximum Gasteiger partial charge on any atom is 0.255 e. The van der Waals surface area contributed by atoms with E-state index in [-0.39, 0.29) is 17.9 Å². The molecular weight excluding hydrogens is 378 g/mol.